The van der Waals surface area contributed by atoms with E-state index in [4.69, 9.17) is 5.11 Å². The molecule has 21 heavy (non-hydrogen) atoms. The van der Waals surface area contributed by atoms with Gasteiger partial charge in [0.1, 0.15) is 0 Å². The third-order valence-electron chi connectivity index (χ3n) is 4.20. The summed E-state index contributed by atoms with van der Waals surface area (Å²) in [4.78, 5) is 13.1. The molecule has 1 aliphatic rings. The molecule has 1 unspecified atom stereocenters. The minimum absolute atomic E-state index is 0.287. The lowest BCUT2D eigenvalue weighted by Crippen LogP contribution is -2.22. The van der Waals surface area contributed by atoms with E-state index in [1.165, 1.54) is 5.69 Å². The number of aromatic nitrogens is 2. The number of aliphatic carboxylic acids is 1. The Morgan fingerprint density at radius 3 is 2.86 bits per heavy atom. The second kappa shape index (κ2) is 7.40. The SMILES string of the molecule is CCc1nn(CC)c(CN2CCC(CCC(=O)O)C2)c1Br. The van der Waals surface area contributed by atoms with Crippen molar-refractivity contribution in [2.45, 2.75) is 52.6 Å². The van der Waals surface area contributed by atoms with E-state index in [9.17, 15) is 4.79 Å². The summed E-state index contributed by atoms with van der Waals surface area (Å²) in [6.07, 6.45) is 3.11. The number of aryl methyl sites for hydroxylation is 2. The standard InChI is InChI=1S/C15H24BrN3O2/c1-3-12-15(16)13(19(4-2)17-12)10-18-8-7-11(9-18)5-6-14(20)21/h11H,3-10H2,1-2H3,(H,20,21). The summed E-state index contributed by atoms with van der Waals surface area (Å²) in [7, 11) is 0. The molecule has 0 bridgehead atoms. The lowest BCUT2D eigenvalue weighted by Gasteiger charge is -2.17. The quantitative estimate of drug-likeness (QED) is 0.814. The van der Waals surface area contributed by atoms with Crippen molar-refractivity contribution in [1.82, 2.24) is 14.7 Å². The molecule has 118 valence electrons. The summed E-state index contributed by atoms with van der Waals surface area (Å²) in [5, 5.41) is 13.4. The lowest BCUT2D eigenvalue weighted by molar-refractivity contribution is -0.137. The summed E-state index contributed by atoms with van der Waals surface area (Å²) in [6.45, 7) is 8.05. The number of carboxylic acids is 1. The van der Waals surface area contributed by atoms with Gasteiger partial charge in [-0.25, -0.2) is 0 Å². The number of rotatable bonds is 7. The molecule has 6 heteroatoms. The first-order valence-electron chi connectivity index (χ1n) is 7.73. The molecule has 0 aliphatic carbocycles. The van der Waals surface area contributed by atoms with Crippen molar-refractivity contribution in [3.63, 3.8) is 0 Å². The highest BCUT2D eigenvalue weighted by molar-refractivity contribution is 9.10. The second-order valence-corrected chi connectivity index (χ2v) is 6.49. The van der Waals surface area contributed by atoms with E-state index in [0.29, 0.717) is 5.92 Å². The molecule has 1 aliphatic heterocycles. The van der Waals surface area contributed by atoms with Gasteiger partial charge in [-0.2, -0.15) is 5.10 Å². The molecule has 1 aromatic rings. The molecular weight excluding hydrogens is 334 g/mol. The van der Waals surface area contributed by atoms with Crippen LogP contribution in [0.1, 0.15) is 44.5 Å². The Kier molecular flexibility index (Phi) is 5.81. The highest BCUT2D eigenvalue weighted by Crippen LogP contribution is 2.27. The Bertz CT molecular complexity index is 501. The van der Waals surface area contributed by atoms with E-state index in [0.717, 1.165) is 55.6 Å². The smallest absolute Gasteiger partial charge is 0.303 e. The zero-order chi connectivity index (χ0) is 15.4. The van der Waals surface area contributed by atoms with E-state index in [1.54, 1.807) is 0 Å². The maximum Gasteiger partial charge on any atom is 0.303 e. The van der Waals surface area contributed by atoms with Crippen molar-refractivity contribution in [2.75, 3.05) is 13.1 Å². The average Bonchev–Trinajstić information content (AvgIpc) is 3.03. The number of hydrogen-bond acceptors (Lipinski definition) is 3. The largest absolute Gasteiger partial charge is 0.481 e. The van der Waals surface area contributed by atoms with E-state index < -0.39 is 5.97 Å². The van der Waals surface area contributed by atoms with Gasteiger partial charge in [-0.05, 0) is 54.6 Å². The molecule has 1 saturated heterocycles. The van der Waals surface area contributed by atoms with Crippen LogP contribution in [0.4, 0.5) is 0 Å². The Balaban J connectivity index is 1.97. The first-order chi connectivity index (χ1) is 10.0. The summed E-state index contributed by atoms with van der Waals surface area (Å²) in [6, 6.07) is 0. The third-order valence-corrected chi connectivity index (χ3v) is 5.12. The van der Waals surface area contributed by atoms with Crippen LogP contribution in [0.3, 0.4) is 0 Å². The number of nitrogens with zero attached hydrogens (tertiary/aromatic N) is 3. The molecule has 5 nitrogen and oxygen atoms in total. The summed E-state index contributed by atoms with van der Waals surface area (Å²) >= 11 is 3.69. The van der Waals surface area contributed by atoms with Crippen LogP contribution < -0.4 is 0 Å². The topological polar surface area (TPSA) is 58.4 Å². The fourth-order valence-electron chi connectivity index (χ4n) is 3.00. The number of likely N-dealkylation sites (tertiary alicyclic amines) is 1. The number of hydrogen-bond donors (Lipinski definition) is 1. The highest BCUT2D eigenvalue weighted by atomic mass is 79.9. The zero-order valence-electron chi connectivity index (χ0n) is 12.8. The Labute approximate surface area is 134 Å². The van der Waals surface area contributed by atoms with Crippen LogP contribution in [0.25, 0.3) is 0 Å². The minimum atomic E-state index is -0.687. The van der Waals surface area contributed by atoms with Gasteiger partial charge >= 0.3 is 5.97 Å². The monoisotopic (exact) mass is 357 g/mol. The van der Waals surface area contributed by atoms with Gasteiger partial charge in [-0.1, -0.05) is 6.92 Å². The molecule has 1 fully saturated rings. The zero-order valence-corrected chi connectivity index (χ0v) is 14.4. The van der Waals surface area contributed by atoms with Gasteiger partial charge in [-0.3, -0.25) is 14.4 Å². The first kappa shape index (κ1) is 16.5. The molecule has 1 aromatic heterocycles. The molecule has 0 aromatic carbocycles. The molecular formula is C15H24BrN3O2. The fourth-order valence-corrected chi connectivity index (χ4v) is 3.69. The van der Waals surface area contributed by atoms with Gasteiger partial charge in [0.15, 0.2) is 0 Å². The van der Waals surface area contributed by atoms with Crippen molar-refractivity contribution in [2.24, 2.45) is 5.92 Å². The highest BCUT2D eigenvalue weighted by Gasteiger charge is 2.25. The van der Waals surface area contributed by atoms with Crippen molar-refractivity contribution < 1.29 is 9.90 Å². The lowest BCUT2D eigenvalue weighted by atomic mass is 10.0. The van der Waals surface area contributed by atoms with Gasteiger partial charge in [-0.15, -0.1) is 0 Å². The van der Waals surface area contributed by atoms with Crippen molar-refractivity contribution in [3.8, 4) is 0 Å². The molecule has 0 spiro atoms. The van der Waals surface area contributed by atoms with Gasteiger partial charge in [0.2, 0.25) is 0 Å². The van der Waals surface area contributed by atoms with Crippen LogP contribution in [0.5, 0.6) is 0 Å². The van der Waals surface area contributed by atoms with E-state index >= 15 is 0 Å². The van der Waals surface area contributed by atoms with Crippen LogP contribution in [0.15, 0.2) is 4.47 Å². The van der Waals surface area contributed by atoms with Crippen LogP contribution in [0, 0.1) is 5.92 Å². The summed E-state index contributed by atoms with van der Waals surface area (Å²) in [5.41, 5.74) is 2.36. The van der Waals surface area contributed by atoms with Crippen LogP contribution in [-0.4, -0.2) is 38.8 Å². The first-order valence-corrected chi connectivity index (χ1v) is 8.52. The Morgan fingerprint density at radius 1 is 1.48 bits per heavy atom. The van der Waals surface area contributed by atoms with E-state index in [1.807, 2.05) is 0 Å². The average molecular weight is 358 g/mol. The molecule has 0 radical (unpaired) electrons. The maximum atomic E-state index is 10.7. The van der Waals surface area contributed by atoms with Gasteiger partial charge in [0, 0.05) is 26.1 Å². The van der Waals surface area contributed by atoms with E-state index in [-0.39, 0.29) is 6.42 Å². The Hall–Kier alpha value is -0.880. The van der Waals surface area contributed by atoms with Gasteiger partial charge < -0.3 is 5.11 Å². The third kappa shape index (κ3) is 4.07. The predicted molar refractivity (Wildman–Crippen MR) is 85.2 cm³/mol. The molecule has 0 saturated carbocycles. The van der Waals surface area contributed by atoms with Gasteiger partial charge in [0.05, 0.1) is 15.9 Å². The van der Waals surface area contributed by atoms with Gasteiger partial charge in [0.25, 0.3) is 0 Å². The molecule has 0 amide bonds. The summed E-state index contributed by atoms with van der Waals surface area (Å²) in [5.74, 6) is -0.170. The van der Waals surface area contributed by atoms with Crippen LogP contribution >= 0.6 is 15.9 Å². The number of carbonyl (C=O) groups is 1. The molecule has 1 N–H and O–H groups in total. The van der Waals surface area contributed by atoms with Crippen molar-refractivity contribution in [3.05, 3.63) is 15.9 Å². The molecule has 2 rings (SSSR count). The summed E-state index contributed by atoms with van der Waals surface area (Å²) < 4.78 is 3.22. The molecule has 1 atom stereocenters. The van der Waals surface area contributed by atoms with Crippen molar-refractivity contribution in [1.29, 1.82) is 0 Å². The minimum Gasteiger partial charge on any atom is -0.481 e. The van der Waals surface area contributed by atoms with Crippen LogP contribution in [0.2, 0.25) is 0 Å². The molecule has 2 heterocycles. The number of carboxylic acid groups (broad SMARTS) is 1. The fraction of sp³-hybridized carbons (Fsp3) is 0.733. The van der Waals surface area contributed by atoms with E-state index in [2.05, 4.69) is 44.5 Å². The predicted octanol–water partition coefficient (Wildman–Crippen LogP) is 2.91. The normalized spacial score (nSPS) is 19.3. The Morgan fingerprint density at radius 2 is 2.24 bits per heavy atom. The van der Waals surface area contributed by atoms with Crippen molar-refractivity contribution >= 4 is 21.9 Å². The second-order valence-electron chi connectivity index (χ2n) is 5.70. The van der Waals surface area contributed by atoms with Crippen LogP contribution in [-0.2, 0) is 24.3 Å². The number of halogens is 1. The maximum absolute atomic E-state index is 10.7.